The molecule has 0 bridgehead atoms. The van der Waals surface area contributed by atoms with E-state index in [0.717, 1.165) is 74.0 Å². The first-order valence-electron chi connectivity index (χ1n) is 11.8. The van der Waals surface area contributed by atoms with E-state index in [1.54, 1.807) is 0 Å². The molecule has 2 aliphatic heterocycles. The van der Waals surface area contributed by atoms with Crippen molar-refractivity contribution in [2.45, 2.75) is 25.7 Å². The number of unbranched alkanes of at least 4 members (excludes halogenated alkanes) is 1. The van der Waals surface area contributed by atoms with E-state index < -0.39 is 11.6 Å². The van der Waals surface area contributed by atoms with Crippen LogP contribution in [0.3, 0.4) is 0 Å². The van der Waals surface area contributed by atoms with Crippen molar-refractivity contribution in [3.63, 3.8) is 0 Å². The summed E-state index contributed by atoms with van der Waals surface area (Å²) in [6.45, 7) is 5.11. The Morgan fingerprint density at radius 2 is 1.79 bits per heavy atom. The largest absolute Gasteiger partial charge is 0.478 e. The highest BCUT2D eigenvalue weighted by molar-refractivity contribution is 5.94. The van der Waals surface area contributed by atoms with Crippen molar-refractivity contribution in [1.29, 1.82) is 0 Å². The third-order valence-electron chi connectivity index (χ3n) is 6.56. The Hall–Kier alpha value is -3.26. The molecular weight excluding hydrogens is 438 g/mol. The molecular formula is C26H28F2N4O2. The van der Waals surface area contributed by atoms with Crippen LogP contribution in [0.4, 0.5) is 20.3 Å². The molecule has 6 nitrogen and oxygen atoms in total. The molecule has 2 aromatic carbocycles. The van der Waals surface area contributed by atoms with Gasteiger partial charge in [0.1, 0.15) is 5.82 Å². The minimum Gasteiger partial charge on any atom is -0.478 e. The van der Waals surface area contributed by atoms with Crippen molar-refractivity contribution in [2.24, 2.45) is 0 Å². The van der Waals surface area contributed by atoms with Gasteiger partial charge in [0.2, 0.25) is 11.8 Å². The van der Waals surface area contributed by atoms with E-state index in [1.165, 1.54) is 12.1 Å². The van der Waals surface area contributed by atoms with Crippen molar-refractivity contribution in [3.05, 3.63) is 59.7 Å². The smallest absolute Gasteiger partial charge is 0.225 e. The monoisotopic (exact) mass is 466 g/mol. The highest BCUT2D eigenvalue weighted by Gasteiger charge is 2.19. The second kappa shape index (κ2) is 9.93. The summed E-state index contributed by atoms with van der Waals surface area (Å²) in [5, 5.41) is 4.27. The van der Waals surface area contributed by atoms with Crippen molar-refractivity contribution in [1.82, 2.24) is 9.88 Å². The normalized spacial score (nSPS) is 16.4. The number of nitrogens with zero attached hydrogens (tertiary/aromatic N) is 3. The van der Waals surface area contributed by atoms with Crippen molar-refractivity contribution in [3.8, 4) is 5.88 Å². The molecule has 0 spiro atoms. The molecule has 2 aliphatic rings. The van der Waals surface area contributed by atoms with Crippen LogP contribution in [-0.4, -0.2) is 55.1 Å². The predicted molar refractivity (Wildman–Crippen MR) is 128 cm³/mol. The molecule has 0 unspecified atom stereocenters. The number of benzene rings is 2. The highest BCUT2D eigenvalue weighted by Crippen LogP contribution is 2.29. The van der Waals surface area contributed by atoms with Gasteiger partial charge in [-0.1, -0.05) is 12.1 Å². The summed E-state index contributed by atoms with van der Waals surface area (Å²) in [7, 11) is 0. The van der Waals surface area contributed by atoms with Crippen LogP contribution >= 0.6 is 0 Å². The third kappa shape index (κ3) is 4.97. The summed E-state index contributed by atoms with van der Waals surface area (Å²) in [6, 6.07) is 12.1. The fraction of sp³-hybridized carbons (Fsp3) is 0.385. The van der Waals surface area contributed by atoms with E-state index in [4.69, 9.17) is 4.74 Å². The van der Waals surface area contributed by atoms with Gasteiger partial charge in [-0.2, -0.15) is 4.98 Å². The summed E-state index contributed by atoms with van der Waals surface area (Å²) < 4.78 is 33.2. The zero-order valence-corrected chi connectivity index (χ0v) is 19.0. The topological polar surface area (TPSA) is 57.7 Å². The number of aryl methyl sites for hydroxylation is 1. The minimum absolute atomic E-state index is 0.00115. The average Bonchev–Trinajstić information content (AvgIpc) is 2.84. The molecule has 1 N–H and O–H groups in total. The molecule has 0 aliphatic carbocycles. The fourth-order valence-corrected chi connectivity index (χ4v) is 4.66. The first-order valence-corrected chi connectivity index (χ1v) is 11.8. The zero-order valence-electron chi connectivity index (χ0n) is 19.0. The van der Waals surface area contributed by atoms with E-state index in [0.29, 0.717) is 24.7 Å². The number of rotatable bonds is 7. The average molecular weight is 467 g/mol. The molecule has 34 heavy (non-hydrogen) atoms. The second-order valence-corrected chi connectivity index (χ2v) is 8.85. The molecule has 178 valence electrons. The number of piperazine rings is 1. The summed E-state index contributed by atoms with van der Waals surface area (Å²) in [5.74, 6) is -0.464. The van der Waals surface area contributed by atoms with Crippen LogP contribution < -0.4 is 15.0 Å². The Kier molecular flexibility index (Phi) is 6.58. The lowest BCUT2D eigenvalue weighted by atomic mass is 10.1. The van der Waals surface area contributed by atoms with E-state index in [9.17, 15) is 13.6 Å². The lowest BCUT2D eigenvalue weighted by Gasteiger charge is -2.36. The van der Waals surface area contributed by atoms with Crippen LogP contribution in [0.1, 0.15) is 24.8 Å². The summed E-state index contributed by atoms with van der Waals surface area (Å²) in [6.07, 6.45) is 3.15. The Morgan fingerprint density at radius 3 is 2.65 bits per heavy atom. The molecule has 8 heteroatoms. The number of anilines is 2. The maximum Gasteiger partial charge on any atom is 0.225 e. The van der Waals surface area contributed by atoms with E-state index in [-0.39, 0.29) is 5.91 Å². The summed E-state index contributed by atoms with van der Waals surface area (Å²) >= 11 is 0. The number of hydrogen-bond donors (Lipinski definition) is 1. The SMILES string of the molecule is O=C1CCc2ccc(OCCCCN3CCN(c4cccc5cc(F)c(F)cc45)CC3)nc2N1. The van der Waals surface area contributed by atoms with Crippen LogP contribution in [0.25, 0.3) is 10.8 Å². The van der Waals surface area contributed by atoms with E-state index >= 15 is 0 Å². The predicted octanol–water partition coefficient (Wildman–Crippen LogP) is 4.38. The van der Waals surface area contributed by atoms with Gasteiger partial charge in [0, 0.05) is 49.7 Å². The maximum atomic E-state index is 13.8. The summed E-state index contributed by atoms with van der Waals surface area (Å²) in [5.41, 5.74) is 2.00. The van der Waals surface area contributed by atoms with E-state index in [1.807, 2.05) is 30.3 Å². The van der Waals surface area contributed by atoms with Gasteiger partial charge in [-0.25, -0.2) is 8.78 Å². The molecule has 1 amide bonds. The highest BCUT2D eigenvalue weighted by atomic mass is 19.2. The first kappa shape index (κ1) is 22.5. The number of ether oxygens (including phenoxy) is 1. The number of nitrogens with one attached hydrogen (secondary N) is 1. The summed E-state index contributed by atoms with van der Waals surface area (Å²) in [4.78, 5) is 20.6. The van der Waals surface area contributed by atoms with Gasteiger partial charge in [0.05, 0.1) is 6.61 Å². The van der Waals surface area contributed by atoms with Gasteiger partial charge >= 0.3 is 0 Å². The van der Waals surface area contributed by atoms with Crippen molar-refractivity contribution >= 4 is 28.2 Å². The van der Waals surface area contributed by atoms with Crippen molar-refractivity contribution in [2.75, 3.05) is 49.5 Å². The zero-order chi connectivity index (χ0) is 23.5. The minimum atomic E-state index is -0.812. The Balaban J connectivity index is 1.07. The molecule has 3 heterocycles. The number of amides is 1. The van der Waals surface area contributed by atoms with Gasteiger partial charge < -0.3 is 15.0 Å². The van der Waals surface area contributed by atoms with Gasteiger partial charge in [-0.3, -0.25) is 9.69 Å². The molecule has 1 saturated heterocycles. The lowest BCUT2D eigenvalue weighted by Crippen LogP contribution is -2.46. The van der Waals surface area contributed by atoms with Crippen molar-refractivity contribution < 1.29 is 18.3 Å². The van der Waals surface area contributed by atoms with Crippen LogP contribution in [0, 0.1) is 11.6 Å². The molecule has 1 fully saturated rings. The quantitative estimate of drug-likeness (QED) is 0.524. The standard InChI is InChI=1S/C26H28F2N4O2/c27-21-16-19-4-3-5-23(20(19)17-22(21)28)32-13-11-31(12-14-32)10-1-2-15-34-25-9-7-18-6-8-24(33)29-26(18)30-25/h3-5,7,9,16-17H,1-2,6,8,10-15H2,(H,29,30,33). The molecule has 0 atom stereocenters. The third-order valence-corrected chi connectivity index (χ3v) is 6.56. The number of carbonyl (C=O) groups excluding carboxylic acids is 1. The molecule has 5 rings (SSSR count). The molecule has 3 aromatic rings. The molecule has 1 aromatic heterocycles. The van der Waals surface area contributed by atoms with Gasteiger partial charge in [0.15, 0.2) is 11.6 Å². The number of carbonyl (C=O) groups is 1. The van der Waals surface area contributed by atoms with Gasteiger partial charge in [-0.05, 0) is 61.0 Å². The van der Waals surface area contributed by atoms with Crippen LogP contribution in [0.15, 0.2) is 42.5 Å². The second-order valence-electron chi connectivity index (χ2n) is 8.85. The number of pyridine rings is 1. The fourth-order valence-electron chi connectivity index (χ4n) is 4.66. The molecule has 0 saturated carbocycles. The van der Waals surface area contributed by atoms with E-state index in [2.05, 4.69) is 20.1 Å². The number of fused-ring (bicyclic) bond motifs is 2. The Bertz CT molecular complexity index is 1190. The molecule has 0 radical (unpaired) electrons. The number of aromatic nitrogens is 1. The van der Waals surface area contributed by atoms with Gasteiger partial charge in [0.25, 0.3) is 0 Å². The Morgan fingerprint density at radius 1 is 0.971 bits per heavy atom. The van der Waals surface area contributed by atoms with Crippen LogP contribution in [0.5, 0.6) is 5.88 Å². The lowest BCUT2D eigenvalue weighted by molar-refractivity contribution is -0.116. The number of hydrogen-bond acceptors (Lipinski definition) is 5. The van der Waals surface area contributed by atoms with Gasteiger partial charge in [-0.15, -0.1) is 0 Å². The van der Waals surface area contributed by atoms with Crippen LogP contribution in [0.2, 0.25) is 0 Å². The Labute approximate surface area is 197 Å². The first-order chi connectivity index (χ1) is 16.6. The maximum absolute atomic E-state index is 13.8. The van der Waals surface area contributed by atoms with Crippen LogP contribution in [-0.2, 0) is 11.2 Å². The number of halogens is 2.